The lowest BCUT2D eigenvalue weighted by Gasteiger charge is -2.32. The third-order valence-corrected chi connectivity index (χ3v) is 4.75. The van der Waals surface area contributed by atoms with Crippen molar-refractivity contribution in [1.82, 2.24) is 10.3 Å². The monoisotopic (exact) mass is 281 g/mol. The van der Waals surface area contributed by atoms with Gasteiger partial charge in [0.1, 0.15) is 0 Å². The maximum atomic E-state index is 4.51. The Hall–Kier alpha value is -1.61. The van der Waals surface area contributed by atoms with Gasteiger partial charge in [-0.25, -0.2) is 0 Å². The summed E-state index contributed by atoms with van der Waals surface area (Å²) in [5, 5.41) is 4.99. The molecule has 3 nitrogen and oxygen atoms in total. The zero-order valence-electron chi connectivity index (χ0n) is 12.5. The molecule has 0 spiro atoms. The highest BCUT2D eigenvalue weighted by molar-refractivity contribution is 5.91. The molecule has 1 aromatic heterocycles. The van der Waals surface area contributed by atoms with Crippen molar-refractivity contribution in [1.29, 1.82) is 0 Å². The van der Waals surface area contributed by atoms with Crippen LogP contribution < -0.4 is 10.2 Å². The number of hydrogen-bond donors (Lipinski definition) is 1. The van der Waals surface area contributed by atoms with Crippen LogP contribution in [0.15, 0.2) is 36.5 Å². The molecule has 0 radical (unpaired) electrons. The molecule has 1 saturated heterocycles. The quantitative estimate of drug-likeness (QED) is 0.931. The van der Waals surface area contributed by atoms with Gasteiger partial charge in [-0.3, -0.25) is 4.98 Å². The Morgan fingerprint density at radius 3 is 2.81 bits per heavy atom. The Balaban J connectivity index is 1.65. The van der Waals surface area contributed by atoms with Gasteiger partial charge in [0.05, 0.1) is 5.52 Å². The molecule has 110 valence electrons. The van der Waals surface area contributed by atoms with E-state index in [-0.39, 0.29) is 0 Å². The van der Waals surface area contributed by atoms with Gasteiger partial charge in [-0.15, -0.1) is 0 Å². The van der Waals surface area contributed by atoms with Crippen LogP contribution in [-0.2, 0) is 0 Å². The number of anilines is 1. The molecule has 4 rings (SSSR count). The van der Waals surface area contributed by atoms with E-state index in [1.807, 2.05) is 6.20 Å². The summed E-state index contributed by atoms with van der Waals surface area (Å²) in [7, 11) is 0. The molecule has 1 atom stereocenters. The summed E-state index contributed by atoms with van der Waals surface area (Å²) in [5.74, 6) is 0. The highest BCUT2D eigenvalue weighted by Gasteiger charge is 2.32. The Labute approximate surface area is 126 Å². The molecule has 3 heteroatoms. The zero-order chi connectivity index (χ0) is 14.1. The van der Waals surface area contributed by atoms with E-state index >= 15 is 0 Å². The minimum atomic E-state index is 0.645. The van der Waals surface area contributed by atoms with Crippen molar-refractivity contribution in [2.75, 3.05) is 18.0 Å². The molecule has 2 heterocycles. The summed E-state index contributed by atoms with van der Waals surface area (Å²) < 4.78 is 0. The van der Waals surface area contributed by atoms with Crippen molar-refractivity contribution in [3.05, 3.63) is 36.5 Å². The van der Waals surface area contributed by atoms with Crippen LogP contribution in [0.4, 0.5) is 5.69 Å². The van der Waals surface area contributed by atoms with E-state index in [1.165, 1.54) is 49.7 Å². The molecule has 1 aliphatic heterocycles. The summed E-state index contributed by atoms with van der Waals surface area (Å²) in [5.41, 5.74) is 2.48. The fraction of sp³-hybridized carbons (Fsp3) is 0.500. The van der Waals surface area contributed by atoms with Crippen LogP contribution in [0.3, 0.4) is 0 Å². The molecule has 2 aromatic rings. The maximum Gasteiger partial charge on any atom is 0.0722 e. The molecule has 21 heavy (non-hydrogen) atoms. The molecule has 1 unspecified atom stereocenters. The molecule has 0 amide bonds. The van der Waals surface area contributed by atoms with Crippen LogP contribution in [0.25, 0.3) is 10.9 Å². The number of rotatable bonds is 4. The molecule has 1 saturated carbocycles. The number of fused-ring (bicyclic) bond motifs is 1. The second kappa shape index (κ2) is 5.64. The maximum absolute atomic E-state index is 4.51. The van der Waals surface area contributed by atoms with Gasteiger partial charge in [-0.2, -0.15) is 0 Å². The van der Waals surface area contributed by atoms with Crippen LogP contribution in [0, 0.1) is 0 Å². The third-order valence-electron chi connectivity index (χ3n) is 4.75. The van der Waals surface area contributed by atoms with E-state index < -0.39 is 0 Å². The number of hydrogen-bond acceptors (Lipinski definition) is 3. The summed E-state index contributed by atoms with van der Waals surface area (Å²) >= 11 is 0. The first-order valence-corrected chi connectivity index (χ1v) is 8.25. The van der Waals surface area contributed by atoms with Crippen molar-refractivity contribution < 1.29 is 0 Å². The Kier molecular flexibility index (Phi) is 3.52. The average molecular weight is 281 g/mol. The number of benzene rings is 1. The predicted molar refractivity (Wildman–Crippen MR) is 87.8 cm³/mol. The largest absolute Gasteiger partial charge is 0.366 e. The molecular formula is C18H23N3. The smallest absolute Gasteiger partial charge is 0.0722 e. The second-order valence-electron chi connectivity index (χ2n) is 6.38. The number of para-hydroxylation sites is 1. The van der Waals surface area contributed by atoms with E-state index in [4.69, 9.17) is 0 Å². The predicted octanol–water partition coefficient (Wildman–Crippen LogP) is 3.35. The van der Waals surface area contributed by atoms with Crippen LogP contribution >= 0.6 is 0 Å². The number of pyridine rings is 1. The van der Waals surface area contributed by atoms with E-state index in [0.717, 1.165) is 18.1 Å². The Morgan fingerprint density at radius 1 is 1.10 bits per heavy atom. The first-order chi connectivity index (χ1) is 10.4. The van der Waals surface area contributed by atoms with Crippen molar-refractivity contribution in [3.8, 4) is 0 Å². The third kappa shape index (κ3) is 2.75. The molecule has 2 aliphatic rings. The van der Waals surface area contributed by atoms with Crippen LogP contribution in [0.1, 0.15) is 32.1 Å². The van der Waals surface area contributed by atoms with Gasteiger partial charge in [-0.1, -0.05) is 24.6 Å². The van der Waals surface area contributed by atoms with Crippen molar-refractivity contribution in [3.63, 3.8) is 0 Å². The summed E-state index contributed by atoms with van der Waals surface area (Å²) in [6.07, 6.45) is 8.64. The van der Waals surface area contributed by atoms with Gasteiger partial charge >= 0.3 is 0 Å². The minimum absolute atomic E-state index is 0.645. The van der Waals surface area contributed by atoms with Crippen LogP contribution in [0.2, 0.25) is 0 Å². The fourth-order valence-electron chi connectivity index (χ4n) is 3.48. The van der Waals surface area contributed by atoms with Crippen LogP contribution in [-0.4, -0.2) is 30.2 Å². The first-order valence-electron chi connectivity index (χ1n) is 8.25. The topological polar surface area (TPSA) is 28.2 Å². The van der Waals surface area contributed by atoms with Gasteiger partial charge in [0, 0.05) is 35.9 Å². The highest BCUT2D eigenvalue weighted by Crippen LogP contribution is 2.35. The normalized spacial score (nSPS) is 22.4. The molecule has 1 N–H and O–H groups in total. The van der Waals surface area contributed by atoms with Crippen molar-refractivity contribution >= 4 is 16.6 Å². The van der Waals surface area contributed by atoms with E-state index in [9.17, 15) is 0 Å². The van der Waals surface area contributed by atoms with Gasteiger partial charge < -0.3 is 10.2 Å². The number of aromatic nitrogens is 1. The summed E-state index contributed by atoms with van der Waals surface area (Å²) in [6, 6.07) is 12.1. The molecule has 2 fully saturated rings. The number of nitrogens with zero attached hydrogens (tertiary/aromatic N) is 2. The Morgan fingerprint density at radius 2 is 2.00 bits per heavy atom. The highest BCUT2D eigenvalue weighted by atomic mass is 15.2. The second-order valence-corrected chi connectivity index (χ2v) is 6.38. The van der Waals surface area contributed by atoms with Gasteiger partial charge in [-0.05, 0) is 44.4 Å². The zero-order valence-corrected chi connectivity index (χ0v) is 12.5. The van der Waals surface area contributed by atoms with E-state index in [1.54, 1.807) is 0 Å². The summed E-state index contributed by atoms with van der Waals surface area (Å²) in [6.45, 7) is 2.32. The lowest BCUT2D eigenvalue weighted by atomic mass is 10.0. The average Bonchev–Trinajstić information content (AvgIpc) is 3.38. The van der Waals surface area contributed by atoms with Gasteiger partial charge in [0.15, 0.2) is 0 Å². The van der Waals surface area contributed by atoms with E-state index in [2.05, 4.69) is 45.5 Å². The summed E-state index contributed by atoms with van der Waals surface area (Å²) in [4.78, 5) is 7.14. The van der Waals surface area contributed by atoms with Gasteiger partial charge in [0.2, 0.25) is 0 Å². The van der Waals surface area contributed by atoms with Crippen LogP contribution in [0.5, 0.6) is 0 Å². The lowest BCUT2D eigenvalue weighted by Crippen LogP contribution is -2.44. The lowest BCUT2D eigenvalue weighted by molar-refractivity contribution is 0.398. The number of nitrogens with one attached hydrogen (secondary N) is 1. The number of piperidine rings is 1. The van der Waals surface area contributed by atoms with Gasteiger partial charge in [0.25, 0.3) is 0 Å². The first kappa shape index (κ1) is 13.1. The fourth-order valence-corrected chi connectivity index (χ4v) is 3.48. The van der Waals surface area contributed by atoms with Crippen molar-refractivity contribution in [2.24, 2.45) is 0 Å². The standard InChI is InChI=1S/C18H23N3/c1-2-7-17-16(6-1)18(10-12-20-17)21(15-8-9-15)13-14-5-3-4-11-19-14/h1-2,6-7,10,12,14-15,19H,3-5,8-9,11,13H2. The molecule has 1 aromatic carbocycles. The molecule has 1 aliphatic carbocycles. The minimum Gasteiger partial charge on any atom is -0.366 e. The molecular weight excluding hydrogens is 258 g/mol. The Bertz CT molecular complexity index is 609. The SMILES string of the molecule is c1ccc2c(N(CC3CCCCN3)C3CC3)ccnc2c1. The van der Waals surface area contributed by atoms with E-state index in [0.29, 0.717) is 6.04 Å². The molecule has 0 bridgehead atoms. The van der Waals surface area contributed by atoms with Crippen molar-refractivity contribution in [2.45, 2.75) is 44.2 Å².